The fourth-order valence-electron chi connectivity index (χ4n) is 0. The first-order chi connectivity index (χ1) is 2.00. The van der Waals surface area contributed by atoms with Crippen LogP contribution in [0.4, 0.5) is 0 Å². The molecule has 0 bridgehead atoms. The Morgan fingerprint density at radius 1 is 0.500 bits per heavy atom. The summed E-state index contributed by atoms with van der Waals surface area (Å²) < 4.78 is 0. The van der Waals surface area contributed by atoms with Gasteiger partial charge in [0, 0.05) is 0 Å². The van der Waals surface area contributed by atoms with Gasteiger partial charge in [-0.25, -0.2) is 0 Å². The maximum atomic E-state index is 4.00. The van der Waals surface area contributed by atoms with E-state index in [0.717, 1.165) is 0 Å². The van der Waals surface area contributed by atoms with Crippen molar-refractivity contribution in [2.45, 2.75) is 0 Å². The quantitative estimate of drug-likeness (QED) is 0.307. The molecular formula is H10Br2N4. The van der Waals surface area contributed by atoms with Crippen LogP contribution in [0.2, 0.25) is 0 Å². The van der Waals surface area contributed by atoms with Crippen LogP contribution in [-0.4, -0.2) is 0 Å². The van der Waals surface area contributed by atoms with Gasteiger partial charge in [0.2, 0.25) is 0 Å². The second-order valence-corrected chi connectivity index (χ2v) is 0. The highest BCUT2D eigenvalue weighted by molar-refractivity contribution is 8.93. The zero-order chi connectivity index (χ0) is 4.00. The molecule has 0 radical (unpaired) electrons. The molecule has 0 rings (SSSR count). The van der Waals surface area contributed by atoms with Crippen molar-refractivity contribution in [3.63, 3.8) is 0 Å². The van der Waals surface area contributed by atoms with Gasteiger partial charge in [0.05, 0.1) is 0 Å². The minimum absolute atomic E-state index is 0. The van der Waals surface area contributed by atoms with E-state index in [1.165, 1.54) is 0 Å². The predicted molar refractivity (Wildman–Crippen MR) is 37.4 cm³/mol. The van der Waals surface area contributed by atoms with Gasteiger partial charge in [0.25, 0.3) is 0 Å². The van der Waals surface area contributed by atoms with Gasteiger partial charge in [-0.15, -0.1) is 34.0 Å². The summed E-state index contributed by atoms with van der Waals surface area (Å²) in [5.74, 6) is 16.0. The highest BCUT2D eigenvalue weighted by atomic mass is 79.9. The Morgan fingerprint density at radius 2 is 0.500 bits per heavy atom. The van der Waals surface area contributed by atoms with Crippen molar-refractivity contribution in [1.29, 1.82) is 0 Å². The molecule has 6 heavy (non-hydrogen) atoms. The van der Waals surface area contributed by atoms with E-state index in [1.807, 2.05) is 0 Å². The van der Waals surface area contributed by atoms with Crippen molar-refractivity contribution in [2.24, 2.45) is 23.4 Å². The van der Waals surface area contributed by atoms with E-state index in [4.69, 9.17) is 0 Å². The monoisotopic (exact) mass is 224 g/mol. The van der Waals surface area contributed by atoms with Gasteiger partial charge >= 0.3 is 0 Å². The molecule has 0 unspecified atom stereocenters. The van der Waals surface area contributed by atoms with Crippen LogP contribution < -0.4 is 23.4 Å². The van der Waals surface area contributed by atoms with Crippen LogP contribution in [0, 0.1) is 0 Å². The molecular weight excluding hydrogens is 216 g/mol. The highest BCUT2D eigenvalue weighted by Crippen LogP contribution is 0.847. The number of hydrazine groups is 2. The first-order valence-electron chi connectivity index (χ1n) is 0.667. The standard InChI is InChI=1S/2BrH.2H4N2/c;;2*1-2/h2*1H;2*1-2H2. The lowest BCUT2D eigenvalue weighted by Gasteiger charge is -1.27. The van der Waals surface area contributed by atoms with E-state index in [0.29, 0.717) is 0 Å². The lowest BCUT2D eigenvalue weighted by atomic mass is 13.0. The van der Waals surface area contributed by atoms with Crippen LogP contribution >= 0.6 is 34.0 Å². The van der Waals surface area contributed by atoms with E-state index in [9.17, 15) is 0 Å². The van der Waals surface area contributed by atoms with Crippen molar-refractivity contribution in [2.75, 3.05) is 0 Å². The Bertz CT molecular complexity index is 5.51. The number of nitrogens with two attached hydrogens (primary N) is 4. The molecule has 0 atom stereocenters. The molecule has 0 aliphatic carbocycles. The second-order valence-electron chi connectivity index (χ2n) is 0. The third kappa shape index (κ3) is 108. The van der Waals surface area contributed by atoms with Gasteiger partial charge < -0.3 is 0 Å². The molecule has 0 saturated carbocycles. The summed E-state index contributed by atoms with van der Waals surface area (Å²) in [6.07, 6.45) is 0. The number of hydrogen-bond acceptors (Lipinski definition) is 4. The minimum atomic E-state index is 0. The Morgan fingerprint density at radius 3 is 0.500 bits per heavy atom. The smallest absolute Gasteiger partial charge is 0.114 e. The molecule has 0 saturated heterocycles. The van der Waals surface area contributed by atoms with E-state index < -0.39 is 0 Å². The summed E-state index contributed by atoms with van der Waals surface area (Å²) in [4.78, 5) is 0. The second kappa shape index (κ2) is 209. The summed E-state index contributed by atoms with van der Waals surface area (Å²) in [5.41, 5.74) is 0. The van der Waals surface area contributed by atoms with Crippen LogP contribution in [0.1, 0.15) is 0 Å². The molecule has 0 aliphatic rings. The van der Waals surface area contributed by atoms with Crippen LogP contribution in [0.3, 0.4) is 0 Å². The minimum Gasteiger partial charge on any atom is -0.274 e. The fraction of sp³-hybridized carbons (Fsp3) is 0. The lowest BCUT2D eigenvalue weighted by Crippen LogP contribution is -2.02. The molecule has 6 heteroatoms. The maximum Gasteiger partial charge on any atom is -0.114 e. The van der Waals surface area contributed by atoms with Gasteiger partial charge in [-0.2, -0.15) is 0 Å². The highest BCUT2D eigenvalue weighted by Gasteiger charge is 0.728. The fourth-order valence-corrected chi connectivity index (χ4v) is 0. The van der Waals surface area contributed by atoms with Crippen molar-refractivity contribution >= 4 is 34.0 Å². The summed E-state index contributed by atoms with van der Waals surface area (Å²) in [7, 11) is 0. The maximum absolute atomic E-state index is 4.00. The lowest BCUT2D eigenvalue weighted by molar-refractivity contribution is 1.26. The zero-order valence-electron chi connectivity index (χ0n) is 3.13. The molecule has 0 aromatic rings. The third-order valence-electron chi connectivity index (χ3n) is 0. The van der Waals surface area contributed by atoms with Crippen molar-refractivity contribution in [3.05, 3.63) is 0 Å². The average molecular weight is 226 g/mol. The summed E-state index contributed by atoms with van der Waals surface area (Å²) in [6.45, 7) is 0. The Balaban J connectivity index is -0.00000000500. The molecule has 0 aromatic heterocycles. The van der Waals surface area contributed by atoms with Crippen molar-refractivity contribution < 1.29 is 0 Å². The van der Waals surface area contributed by atoms with E-state index in [-0.39, 0.29) is 34.0 Å². The molecule has 0 aliphatic heterocycles. The van der Waals surface area contributed by atoms with Crippen LogP contribution in [0.5, 0.6) is 0 Å². The largest absolute Gasteiger partial charge is 0.274 e. The van der Waals surface area contributed by atoms with Crippen LogP contribution in [0.25, 0.3) is 0 Å². The molecule has 0 aromatic carbocycles. The molecule has 8 N–H and O–H groups in total. The molecule has 0 spiro atoms. The van der Waals surface area contributed by atoms with Crippen LogP contribution in [0.15, 0.2) is 0 Å². The first kappa shape index (κ1) is 29.2. The summed E-state index contributed by atoms with van der Waals surface area (Å²) in [6, 6.07) is 0. The van der Waals surface area contributed by atoms with Crippen LogP contribution in [-0.2, 0) is 0 Å². The van der Waals surface area contributed by atoms with Gasteiger partial charge in [0.1, 0.15) is 0 Å². The first-order valence-corrected chi connectivity index (χ1v) is 0.667. The number of halogens is 2. The number of hydrogen-bond donors (Lipinski definition) is 4. The topological polar surface area (TPSA) is 104 Å². The Labute approximate surface area is 57.7 Å². The normalized spacial score (nSPS) is 2.00. The molecule has 0 heterocycles. The summed E-state index contributed by atoms with van der Waals surface area (Å²) in [5, 5.41) is 0. The molecule has 4 nitrogen and oxygen atoms in total. The zero-order valence-corrected chi connectivity index (χ0v) is 6.55. The predicted octanol–water partition coefficient (Wildman–Crippen LogP) is -1.21. The van der Waals surface area contributed by atoms with E-state index in [1.54, 1.807) is 0 Å². The van der Waals surface area contributed by atoms with Gasteiger partial charge in [-0.3, -0.25) is 23.4 Å². The molecule has 0 fully saturated rings. The van der Waals surface area contributed by atoms with E-state index in [2.05, 4.69) is 23.4 Å². The van der Waals surface area contributed by atoms with Gasteiger partial charge in [-0.1, -0.05) is 0 Å². The average Bonchev–Trinajstić information content (AvgIpc) is 1.50. The Hall–Kier alpha value is 0.800. The van der Waals surface area contributed by atoms with E-state index >= 15 is 0 Å². The van der Waals surface area contributed by atoms with Crippen molar-refractivity contribution in [1.82, 2.24) is 0 Å². The van der Waals surface area contributed by atoms with Gasteiger partial charge in [-0.05, 0) is 0 Å². The SMILES string of the molecule is Br.Br.NN.NN. The summed E-state index contributed by atoms with van der Waals surface area (Å²) >= 11 is 0. The molecule has 0 amide bonds. The van der Waals surface area contributed by atoms with Crippen molar-refractivity contribution in [3.8, 4) is 0 Å². The number of rotatable bonds is 0. The third-order valence-corrected chi connectivity index (χ3v) is 0. The molecule has 44 valence electrons. The van der Waals surface area contributed by atoms with Gasteiger partial charge in [0.15, 0.2) is 0 Å². The Kier molecular flexibility index (Phi) is 1020.